The molecule has 1 fully saturated rings. The molecular weight excluding hydrogens is 206 g/mol. The number of nitrogens with one attached hydrogen (secondary N) is 1. The molecule has 0 spiro atoms. The first-order valence-corrected chi connectivity index (χ1v) is 5.95. The van der Waals surface area contributed by atoms with Gasteiger partial charge in [-0.15, -0.1) is 0 Å². The van der Waals surface area contributed by atoms with E-state index in [-0.39, 0.29) is 6.04 Å². The number of alkyl carbamates (subject to hydrolysis) is 1. The maximum atomic E-state index is 11.5. The molecule has 0 saturated heterocycles. The standard InChI is InChI=1S/C12H23NO3/c1-9(12(15)7-5-6-8-12)13-10(14)16-11(2,3)4/h9,15H,5-8H2,1-4H3,(H,13,14)/t9-/m0/s1. The van der Waals surface area contributed by atoms with E-state index in [4.69, 9.17) is 4.74 Å². The van der Waals surface area contributed by atoms with Gasteiger partial charge in [0.05, 0.1) is 11.6 Å². The van der Waals surface area contributed by atoms with Crippen LogP contribution >= 0.6 is 0 Å². The molecule has 0 aromatic heterocycles. The minimum atomic E-state index is -0.753. The van der Waals surface area contributed by atoms with Crippen molar-refractivity contribution in [2.24, 2.45) is 0 Å². The van der Waals surface area contributed by atoms with Gasteiger partial charge < -0.3 is 15.2 Å². The fourth-order valence-electron chi connectivity index (χ4n) is 2.04. The zero-order chi connectivity index (χ0) is 12.4. The minimum Gasteiger partial charge on any atom is -0.444 e. The van der Waals surface area contributed by atoms with Gasteiger partial charge in [-0.05, 0) is 40.5 Å². The van der Waals surface area contributed by atoms with E-state index in [0.717, 1.165) is 25.7 Å². The molecule has 94 valence electrons. The second-order valence-electron chi connectivity index (χ2n) is 5.68. The fraction of sp³-hybridized carbons (Fsp3) is 0.917. The summed E-state index contributed by atoms with van der Waals surface area (Å²) in [5, 5.41) is 12.9. The lowest BCUT2D eigenvalue weighted by Crippen LogP contribution is -2.50. The lowest BCUT2D eigenvalue weighted by Gasteiger charge is -2.31. The number of hydrogen-bond donors (Lipinski definition) is 2. The van der Waals surface area contributed by atoms with Crippen LogP contribution in [0.3, 0.4) is 0 Å². The first-order chi connectivity index (χ1) is 7.23. The Morgan fingerprint density at radius 3 is 2.31 bits per heavy atom. The summed E-state index contributed by atoms with van der Waals surface area (Å²) in [7, 11) is 0. The number of carbonyl (C=O) groups is 1. The average molecular weight is 229 g/mol. The van der Waals surface area contributed by atoms with Gasteiger partial charge in [-0.25, -0.2) is 4.79 Å². The van der Waals surface area contributed by atoms with Crippen LogP contribution in [0.1, 0.15) is 53.4 Å². The SMILES string of the molecule is C[C@H](NC(=O)OC(C)(C)C)C1(O)CCCC1. The Bertz CT molecular complexity index is 251. The molecule has 16 heavy (non-hydrogen) atoms. The molecule has 0 radical (unpaired) electrons. The monoisotopic (exact) mass is 229 g/mol. The molecule has 1 amide bonds. The van der Waals surface area contributed by atoms with Gasteiger partial charge in [-0.2, -0.15) is 0 Å². The van der Waals surface area contributed by atoms with Gasteiger partial charge in [-0.3, -0.25) is 0 Å². The van der Waals surface area contributed by atoms with Crippen LogP contribution in [0.5, 0.6) is 0 Å². The first kappa shape index (κ1) is 13.3. The Morgan fingerprint density at radius 2 is 1.88 bits per heavy atom. The van der Waals surface area contributed by atoms with Crippen molar-refractivity contribution >= 4 is 6.09 Å². The molecule has 4 heteroatoms. The Hall–Kier alpha value is -0.770. The molecule has 0 aromatic carbocycles. The Balaban J connectivity index is 2.45. The molecule has 0 aromatic rings. The van der Waals surface area contributed by atoms with E-state index in [0.29, 0.717) is 0 Å². The highest BCUT2D eigenvalue weighted by molar-refractivity contribution is 5.68. The lowest BCUT2D eigenvalue weighted by atomic mass is 9.94. The Morgan fingerprint density at radius 1 is 1.38 bits per heavy atom. The third-order valence-corrected chi connectivity index (χ3v) is 3.01. The Kier molecular flexibility index (Phi) is 3.84. The maximum Gasteiger partial charge on any atom is 0.407 e. The molecular formula is C12H23NO3. The summed E-state index contributed by atoms with van der Waals surface area (Å²) in [5.41, 5.74) is -1.25. The number of ether oxygens (including phenoxy) is 1. The summed E-state index contributed by atoms with van der Waals surface area (Å²) >= 11 is 0. The normalized spacial score (nSPS) is 21.6. The van der Waals surface area contributed by atoms with Crippen LogP contribution in [0.15, 0.2) is 0 Å². The second kappa shape index (κ2) is 4.62. The topological polar surface area (TPSA) is 58.6 Å². The van der Waals surface area contributed by atoms with E-state index in [1.165, 1.54) is 0 Å². The molecule has 2 N–H and O–H groups in total. The Labute approximate surface area is 97.4 Å². The number of amides is 1. The summed E-state index contributed by atoms with van der Waals surface area (Å²) in [5.74, 6) is 0. The van der Waals surface area contributed by atoms with Crippen LogP contribution < -0.4 is 5.32 Å². The van der Waals surface area contributed by atoms with Crippen molar-refractivity contribution in [2.75, 3.05) is 0 Å². The summed E-state index contributed by atoms with van der Waals surface area (Å²) in [6.45, 7) is 7.29. The van der Waals surface area contributed by atoms with Crippen LogP contribution in [0.4, 0.5) is 4.79 Å². The van der Waals surface area contributed by atoms with Gasteiger partial charge in [0.15, 0.2) is 0 Å². The number of carbonyl (C=O) groups excluding carboxylic acids is 1. The van der Waals surface area contributed by atoms with E-state index < -0.39 is 17.3 Å². The molecule has 1 aliphatic carbocycles. The van der Waals surface area contributed by atoms with Crippen molar-refractivity contribution in [3.63, 3.8) is 0 Å². The predicted octanol–water partition coefficient (Wildman–Crippen LogP) is 2.20. The number of rotatable bonds is 2. The highest BCUT2D eigenvalue weighted by Gasteiger charge is 2.38. The van der Waals surface area contributed by atoms with E-state index in [9.17, 15) is 9.90 Å². The van der Waals surface area contributed by atoms with Crippen molar-refractivity contribution < 1.29 is 14.6 Å². The van der Waals surface area contributed by atoms with Crippen LogP contribution in [-0.2, 0) is 4.74 Å². The van der Waals surface area contributed by atoms with Crippen LogP contribution in [0.2, 0.25) is 0 Å². The van der Waals surface area contributed by atoms with Crippen molar-refractivity contribution in [3.05, 3.63) is 0 Å². The predicted molar refractivity (Wildman–Crippen MR) is 62.2 cm³/mol. The van der Waals surface area contributed by atoms with Gasteiger partial charge in [-0.1, -0.05) is 12.8 Å². The fourth-order valence-corrected chi connectivity index (χ4v) is 2.04. The third kappa shape index (κ3) is 3.67. The second-order valence-corrected chi connectivity index (χ2v) is 5.68. The zero-order valence-corrected chi connectivity index (χ0v) is 10.7. The molecule has 0 unspecified atom stereocenters. The van der Waals surface area contributed by atoms with E-state index in [2.05, 4.69) is 5.32 Å². The molecule has 1 atom stereocenters. The lowest BCUT2D eigenvalue weighted by molar-refractivity contribution is 0.00264. The summed E-state index contributed by atoms with van der Waals surface area (Å²) in [4.78, 5) is 11.5. The van der Waals surface area contributed by atoms with Crippen LogP contribution in [0.25, 0.3) is 0 Å². The molecule has 0 bridgehead atoms. The molecule has 1 aliphatic rings. The molecule has 0 aliphatic heterocycles. The quantitative estimate of drug-likeness (QED) is 0.763. The molecule has 4 nitrogen and oxygen atoms in total. The summed E-state index contributed by atoms with van der Waals surface area (Å²) in [6.07, 6.45) is 3.10. The summed E-state index contributed by atoms with van der Waals surface area (Å²) < 4.78 is 5.15. The number of hydrogen-bond acceptors (Lipinski definition) is 3. The van der Waals surface area contributed by atoms with E-state index in [1.807, 2.05) is 27.7 Å². The van der Waals surface area contributed by atoms with Gasteiger partial charge in [0.1, 0.15) is 5.60 Å². The molecule has 0 heterocycles. The first-order valence-electron chi connectivity index (χ1n) is 5.95. The largest absolute Gasteiger partial charge is 0.444 e. The number of aliphatic hydroxyl groups is 1. The smallest absolute Gasteiger partial charge is 0.407 e. The van der Waals surface area contributed by atoms with Crippen molar-refractivity contribution in [3.8, 4) is 0 Å². The van der Waals surface area contributed by atoms with E-state index >= 15 is 0 Å². The maximum absolute atomic E-state index is 11.5. The zero-order valence-electron chi connectivity index (χ0n) is 10.7. The highest BCUT2D eigenvalue weighted by atomic mass is 16.6. The van der Waals surface area contributed by atoms with E-state index in [1.54, 1.807) is 0 Å². The van der Waals surface area contributed by atoms with Gasteiger partial charge >= 0.3 is 6.09 Å². The van der Waals surface area contributed by atoms with Gasteiger partial charge in [0.2, 0.25) is 0 Å². The van der Waals surface area contributed by atoms with Crippen LogP contribution in [0, 0.1) is 0 Å². The molecule has 1 saturated carbocycles. The van der Waals surface area contributed by atoms with Gasteiger partial charge in [0, 0.05) is 0 Å². The van der Waals surface area contributed by atoms with Crippen molar-refractivity contribution in [1.82, 2.24) is 5.32 Å². The molecule has 1 rings (SSSR count). The minimum absolute atomic E-state index is 0.259. The third-order valence-electron chi connectivity index (χ3n) is 3.01. The van der Waals surface area contributed by atoms with Crippen LogP contribution in [-0.4, -0.2) is 28.4 Å². The van der Waals surface area contributed by atoms with Crippen molar-refractivity contribution in [2.45, 2.75) is 70.6 Å². The highest BCUT2D eigenvalue weighted by Crippen LogP contribution is 2.32. The van der Waals surface area contributed by atoms with Crippen molar-refractivity contribution in [1.29, 1.82) is 0 Å². The average Bonchev–Trinajstić information content (AvgIpc) is 2.49. The van der Waals surface area contributed by atoms with Gasteiger partial charge in [0.25, 0.3) is 0 Å². The summed E-state index contributed by atoms with van der Waals surface area (Å²) in [6, 6.07) is -0.259.